The minimum atomic E-state index is -0.354. The van der Waals surface area contributed by atoms with E-state index in [1.807, 2.05) is 18.2 Å². The van der Waals surface area contributed by atoms with Gasteiger partial charge in [0.05, 0.1) is 37.3 Å². The Labute approximate surface area is 159 Å². The van der Waals surface area contributed by atoms with Crippen molar-refractivity contribution in [3.05, 3.63) is 78.8 Å². The monoisotopic (exact) mass is 394 g/mol. The summed E-state index contributed by atoms with van der Waals surface area (Å²) in [5.74, 6) is 0.0241. The van der Waals surface area contributed by atoms with Gasteiger partial charge < -0.3 is 5.32 Å². The molecule has 0 unspecified atom stereocenters. The number of hydrogen-bond donors (Lipinski definition) is 1. The van der Waals surface area contributed by atoms with Crippen LogP contribution in [0.1, 0.15) is 29.5 Å². The maximum Gasteiger partial charge on any atom is 0.275 e. The van der Waals surface area contributed by atoms with Crippen LogP contribution >= 0.6 is 34.8 Å². The molecule has 2 aromatic rings. The van der Waals surface area contributed by atoms with Crippen molar-refractivity contribution in [3.63, 3.8) is 0 Å². The van der Waals surface area contributed by atoms with Crippen LogP contribution in [0.25, 0.3) is 0 Å². The Hall–Kier alpha value is -1.75. The fourth-order valence-electron chi connectivity index (χ4n) is 3.88. The first-order valence-electron chi connectivity index (χ1n) is 7.83. The summed E-state index contributed by atoms with van der Waals surface area (Å²) in [6.45, 7) is 0. The van der Waals surface area contributed by atoms with Crippen LogP contribution < -0.4 is 5.32 Å². The highest BCUT2D eigenvalue weighted by molar-refractivity contribution is 6.42. The molecule has 1 aliphatic heterocycles. The van der Waals surface area contributed by atoms with Gasteiger partial charge >= 0.3 is 0 Å². The Kier molecular flexibility index (Phi) is 4.14. The molecule has 7 heteroatoms. The zero-order valence-electron chi connectivity index (χ0n) is 12.9. The van der Waals surface area contributed by atoms with Gasteiger partial charge in [-0.05, 0) is 30.0 Å². The first-order chi connectivity index (χ1) is 12.0. The third kappa shape index (κ3) is 2.60. The molecule has 0 spiro atoms. The normalized spacial score (nSPS) is 23.7. The summed E-state index contributed by atoms with van der Waals surface area (Å²) in [4.78, 5) is 11.1. The van der Waals surface area contributed by atoms with Gasteiger partial charge in [-0.3, -0.25) is 10.1 Å². The van der Waals surface area contributed by atoms with Crippen LogP contribution in [0.4, 0.5) is 11.4 Å². The van der Waals surface area contributed by atoms with Crippen molar-refractivity contribution in [2.24, 2.45) is 5.92 Å². The van der Waals surface area contributed by atoms with Gasteiger partial charge in [-0.15, -0.1) is 0 Å². The first-order valence-corrected chi connectivity index (χ1v) is 8.96. The number of anilines is 1. The number of rotatable bonds is 2. The van der Waals surface area contributed by atoms with E-state index in [0.717, 1.165) is 12.0 Å². The lowest BCUT2D eigenvalue weighted by atomic mass is 9.76. The summed E-state index contributed by atoms with van der Waals surface area (Å²) in [5, 5.41) is 16.3. The van der Waals surface area contributed by atoms with E-state index in [1.54, 1.807) is 12.1 Å². The molecule has 0 amide bonds. The third-order valence-electron chi connectivity index (χ3n) is 4.96. The summed E-state index contributed by atoms with van der Waals surface area (Å²) < 4.78 is 0. The number of nitrogens with one attached hydrogen (secondary N) is 1. The molecular formula is C18H13Cl3N2O2. The fraction of sp³-hybridized carbons (Fsp3) is 0.222. The number of nitro groups is 1. The van der Waals surface area contributed by atoms with Gasteiger partial charge in [0.15, 0.2) is 0 Å². The fourth-order valence-corrected chi connectivity index (χ4v) is 4.53. The highest BCUT2D eigenvalue weighted by atomic mass is 35.5. The molecule has 1 heterocycles. The quantitative estimate of drug-likeness (QED) is 0.364. The van der Waals surface area contributed by atoms with Crippen molar-refractivity contribution in [3.8, 4) is 0 Å². The van der Waals surface area contributed by atoms with Crippen molar-refractivity contribution in [1.29, 1.82) is 0 Å². The largest absolute Gasteiger partial charge is 0.376 e. The van der Waals surface area contributed by atoms with Crippen molar-refractivity contribution in [2.45, 2.75) is 18.4 Å². The molecule has 4 nitrogen and oxygen atoms in total. The minimum Gasteiger partial charge on any atom is -0.376 e. The highest BCUT2D eigenvalue weighted by Crippen LogP contribution is 2.55. The Balaban J connectivity index is 1.90. The molecule has 3 atom stereocenters. The van der Waals surface area contributed by atoms with E-state index >= 15 is 0 Å². The third-order valence-corrected chi connectivity index (χ3v) is 6.11. The second-order valence-corrected chi connectivity index (χ2v) is 7.42. The zero-order chi connectivity index (χ0) is 17.7. The van der Waals surface area contributed by atoms with Gasteiger partial charge in [0.1, 0.15) is 0 Å². The molecule has 4 rings (SSSR count). The SMILES string of the molecule is O=[N+]([O-])c1ccc(Cl)c2c1[C@@H]1C=CC[C@@H]1[C@@H](c1cccc(Cl)c1Cl)N2. The molecule has 1 N–H and O–H groups in total. The van der Waals surface area contributed by atoms with Crippen molar-refractivity contribution in [2.75, 3.05) is 5.32 Å². The molecule has 0 fully saturated rings. The molecule has 0 bridgehead atoms. The van der Waals surface area contributed by atoms with Crippen molar-refractivity contribution in [1.82, 2.24) is 0 Å². The number of halogens is 3. The predicted octanol–water partition coefficient (Wildman–Crippen LogP) is 6.38. The Morgan fingerprint density at radius 3 is 2.68 bits per heavy atom. The average molecular weight is 396 g/mol. The van der Waals surface area contributed by atoms with E-state index in [0.29, 0.717) is 26.3 Å². The lowest BCUT2D eigenvalue weighted by Crippen LogP contribution is -2.30. The summed E-state index contributed by atoms with van der Waals surface area (Å²) in [5.41, 5.74) is 2.21. The van der Waals surface area contributed by atoms with Crippen LogP contribution in [0, 0.1) is 16.0 Å². The smallest absolute Gasteiger partial charge is 0.275 e. The van der Waals surface area contributed by atoms with Crippen LogP contribution in [0.3, 0.4) is 0 Å². The molecule has 128 valence electrons. The van der Waals surface area contributed by atoms with Gasteiger partial charge in [-0.1, -0.05) is 59.1 Å². The van der Waals surface area contributed by atoms with E-state index in [9.17, 15) is 10.1 Å². The summed E-state index contributed by atoms with van der Waals surface area (Å²) in [6, 6.07) is 8.43. The molecule has 2 aromatic carbocycles. The zero-order valence-corrected chi connectivity index (χ0v) is 15.1. The molecule has 0 radical (unpaired) electrons. The van der Waals surface area contributed by atoms with Gasteiger partial charge in [-0.25, -0.2) is 0 Å². The van der Waals surface area contributed by atoms with E-state index in [1.165, 1.54) is 6.07 Å². The highest BCUT2D eigenvalue weighted by Gasteiger charge is 2.43. The van der Waals surface area contributed by atoms with Gasteiger partial charge in [-0.2, -0.15) is 0 Å². The predicted molar refractivity (Wildman–Crippen MR) is 101 cm³/mol. The second kappa shape index (κ2) is 6.20. The number of allylic oxidation sites excluding steroid dienone is 2. The van der Waals surface area contributed by atoms with Crippen LogP contribution in [0.15, 0.2) is 42.5 Å². The standard InChI is InChI=1S/C18H13Cl3N2O2/c19-12-6-2-5-11(16(12)21)17-10-4-1-3-9(10)15-14(23(24)25)8-7-13(20)18(15)22-17/h1-3,5-10,17,22H,4H2/t9-,10+,17+/m1/s1. The summed E-state index contributed by atoms with van der Waals surface area (Å²) >= 11 is 19.0. The van der Waals surface area contributed by atoms with E-state index in [2.05, 4.69) is 11.4 Å². The summed E-state index contributed by atoms with van der Waals surface area (Å²) in [7, 11) is 0. The average Bonchev–Trinajstić information content (AvgIpc) is 3.07. The minimum absolute atomic E-state index is 0.0871. The van der Waals surface area contributed by atoms with E-state index < -0.39 is 0 Å². The van der Waals surface area contributed by atoms with E-state index in [4.69, 9.17) is 34.8 Å². The number of fused-ring (bicyclic) bond motifs is 3. The molecule has 1 aliphatic carbocycles. The maximum atomic E-state index is 11.5. The lowest BCUT2D eigenvalue weighted by molar-refractivity contribution is -0.385. The maximum absolute atomic E-state index is 11.5. The molecule has 0 saturated heterocycles. The van der Waals surface area contributed by atoms with Gasteiger partial charge in [0, 0.05) is 12.0 Å². The van der Waals surface area contributed by atoms with Crippen molar-refractivity contribution >= 4 is 46.2 Å². The summed E-state index contributed by atoms with van der Waals surface area (Å²) in [6.07, 6.45) is 4.88. The molecule has 2 aliphatic rings. The van der Waals surface area contributed by atoms with E-state index in [-0.39, 0.29) is 28.5 Å². The number of benzene rings is 2. The first kappa shape index (κ1) is 16.7. The molecule has 0 aromatic heterocycles. The Morgan fingerprint density at radius 1 is 1.12 bits per heavy atom. The topological polar surface area (TPSA) is 55.2 Å². The molecule has 0 saturated carbocycles. The van der Waals surface area contributed by atoms with Crippen LogP contribution in [-0.2, 0) is 0 Å². The molecule has 25 heavy (non-hydrogen) atoms. The van der Waals surface area contributed by atoms with Crippen LogP contribution in [0.5, 0.6) is 0 Å². The second-order valence-electron chi connectivity index (χ2n) is 6.23. The Morgan fingerprint density at radius 2 is 1.92 bits per heavy atom. The van der Waals surface area contributed by atoms with Gasteiger partial charge in [0.25, 0.3) is 5.69 Å². The van der Waals surface area contributed by atoms with Gasteiger partial charge in [0.2, 0.25) is 0 Å². The van der Waals surface area contributed by atoms with Crippen LogP contribution in [0.2, 0.25) is 15.1 Å². The molecular weight excluding hydrogens is 383 g/mol. The lowest BCUT2D eigenvalue weighted by Gasteiger charge is -2.38. The number of nitro benzene ring substituents is 1. The van der Waals surface area contributed by atoms with Crippen LogP contribution in [-0.4, -0.2) is 4.92 Å². The number of hydrogen-bond acceptors (Lipinski definition) is 3. The Bertz CT molecular complexity index is 913. The van der Waals surface area contributed by atoms with Crippen molar-refractivity contribution < 1.29 is 4.92 Å². The number of nitrogens with zero attached hydrogens (tertiary/aromatic N) is 1.